The van der Waals surface area contributed by atoms with Crippen LogP contribution in [0.25, 0.3) is 11.3 Å². The summed E-state index contributed by atoms with van der Waals surface area (Å²) in [7, 11) is 0. The second kappa shape index (κ2) is 15.4. The number of rotatable bonds is 9. The van der Waals surface area contributed by atoms with Crippen molar-refractivity contribution in [3.8, 4) is 11.3 Å². The van der Waals surface area contributed by atoms with Crippen molar-refractivity contribution in [3.63, 3.8) is 0 Å². The number of hydrogen-bond acceptors (Lipinski definition) is 7. The van der Waals surface area contributed by atoms with Crippen LogP contribution in [0.3, 0.4) is 0 Å². The number of ketones is 1. The van der Waals surface area contributed by atoms with E-state index in [4.69, 9.17) is 4.74 Å². The van der Waals surface area contributed by atoms with Gasteiger partial charge in [-0.1, -0.05) is 39.3 Å². The zero-order chi connectivity index (χ0) is 28.9. The lowest BCUT2D eigenvalue weighted by Crippen LogP contribution is -2.27. The zero-order valence-electron chi connectivity index (χ0n) is 24.5. The van der Waals surface area contributed by atoms with E-state index in [1.54, 1.807) is 33.0 Å². The van der Waals surface area contributed by atoms with Crippen molar-refractivity contribution in [3.05, 3.63) is 65.3 Å². The number of carbonyl (C=O) groups excluding carboxylic acids is 2. The summed E-state index contributed by atoms with van der Waals surface area (Å²) in [5.41, 5.74) is 4.21. The fraction of sp³-hybridized carbons (Fsp3) is 0.433. The molecule has 0 atom stereocenters. The molecule has 2 aromatic rings. The quantitative estimate of drug-likeness (QED) is 0.255. The summed E-state index contributed by atoms with van der Waals surface area (Å²) in [5, 5.41) is 6.02. The van der Waals surface area contributed by atoms with Crippen LogP contribution in [0.1, 0.15) is 82.1 Å². The molecule has 0 aliphatic heterocycles. The van der Waals surface area contributed by atoms with Crippen molar-refractivity contribution < 1.29 is 14.3 Å². The van der Waals surface area contributed by atoms with Crippen LogP contribution >= 0.6 is 0 Å². The van der Waals surface area contributed by atoms with Gasteiger partial charge in [0.15, 0.2) is 5.78 Å². The first-order valence-electron chi connectivity index (χ1n) is 13.1. The first kappa shape index (κ1) is 32.2. The maximum Gasteiger partial charge on any atom is 0.413 e. The van der Waals surface area contributed by atoms with E-state index < -0.39 is 11.7 Å². The smallest absolute Gasteiger partial charge is 0.413 e. The van der Waals surface area contributed by atoms with E-state index in [0.717, 1.165) is 34.4 Å². The number of pyridine rings is 1. The highest BCUT2D eigenvalue weighted by Gasteiger charge is 2.18. The fourth-order valence-corrected chi connectivity index (χ4v) is 3.34. The Morgan fingerprint density at radius 1 is 1.03 bits per heavy atom. The Morgan fingerprint density at radius 3 is 2.29 bits per heavy atom. The minimum atomic E-state index is -0.624. The summed E-state index contributed by atoms with van der Waals surface area (Å²) in [6.07, 6.45) is 7.60. The summed E-state index contributed by atoms with van der Waals surface area (Å²) >= 11 is 0. The van der Waals surface area contributed by atoms with Crippen LogP contribution in [0, 0.1) is 0 Å². The normalized spacial score (nSPS) is 12.6. The standard InChI is InChI=1S/C28H37N5O3.C2H6/c1-9-18(4)21(24(34)11-3)15-19(5)22(10-2)32-26-20(13-12-14-29-26)23-16-25(31-17-30-23)33-27(35)36-28(6,7)8;1-2/h10,12-17H,9,11H2,1-8H3,(H,29,32)(H,30,31,33,35);1-2H3/b19-15-,21-18-,22-10+;. The van der Waals surface area contributed by atoms with Gasteiger partial charge < -0.3 is 10.1 Å². The molecular formula is C30H43N5O3. The van der Waals surface area contributed by atoms with Crippen molar-refractivity contribution in [2.45, 2.75) is 87.7 Å². The predicted molar refractivity (Wildman–Crippen MR) is 156 cm³/mol. The molecule has 2 heterocycles. The van der Waals surface area contributed by atoms with E-state index in [2.05, 4.69) is 25.6 Å². The molecule has 38 heavy (non-hydrogen) atoms. The molecule has 0 bridgehead atoms. The molecule has 0 saturated carbocycles. The van der Waals surface area contributed by atoms with Crippen LogP contribution in [0.4, 0.5) is 16.4 Å². The topological polar surface area (TPSA) is 106 Å². The number of ether oxygens (including phenoxy) is 1. The lowest BCUT2D eigenvalue weighted by atomic mass is 9.98. The first-order valence-corrected chi connectivity index (χ1v) is 13.1. The molecule has 0 unspecified atom stereocenters. The van der Waals surface area contributed by atoms with Gasteiger partial charge in [-0.15, -0.1) is 0 Å². The third kappa shape index (κ3) is 9.92. The average molecular weight is 522 g/mol. The molecule has 0 saturated heterocycles. The van der Waals surface area contributed by atoms with Gasteiger partial charge in [-0.2, -0.15) is 0 Å². The predicted octanol–water partition coefficient (Wildman–Crippen LogP) is 7.88. The van der Waals surface area contributed by atoms with E-state index in [1.165, 1.54) is 6.33 Å². The summed E-state index contributed by atoms with van der Waals surface area (Å²) in [6, 6.07) is 5.36. The van der Waals surface area contributed by atoms with Crippen LogP contribution in [0.2, 0.25) is 0 Å². The van der Waals surface area contributed by atoms with Crippen molar-refractivity contribution in [2.75, 3.05) is 10.6 Å². The SMILES string of the molecule is CC.C\C=C(Nc1ncccc1-c1cc(NC(=O)OC(C)(C)C)ncn1)/C(C)=C\C(C(=O)CC)=C(/C)CC. The Hall–Kier alpha value is -3.81. The molecule has 0 radical (unpaired) electrons. The summed E-state index contributed by atoms with van der Waals surface area (Å²) in [4.78, 5) is 37.7. The molecule has 8 nitrogen and oxygen atoms in total. The Morgan fingerprint density at radius 2 is 1.71 bits per heavy atom. The Kier molecular flexibility index (Phi) is 13.1. The number of amides is 1. The average Bonchev–Trinajstić information content (AvgIpc) is 2.89. The summed E-state index contributed by atoms with van der Waals surface area (Å²) in [6.45, 7) is 19.2. The lowest BCUT2D eigenvalue weighted by Gasteiger charge is -2.19. The minimum Gasteiger partial charge on any atom is -0.444 e. The molecule has 2 rings (SSSR count). The molecule has 0 spiro atoms. The molecular weight excluding hydrogens is 478 g/mol. The molecule has 0 aliphatic rings. The van der Waals surface area contributed by atoms with Crippen LogP contribution in [0.15, 0.2) is 65.3 Å². The zero-order valence-corrected chi connectivity index (χ0v) is 24.5. The van der Waals surface area contributed by atoms with Gasteiger partial charge in [0.1, 0.15) is 23.6 Å². The number of nitrogens with one attached hydrogen (secondary N) is 2. The molecule has 8 heteroatoms. The van der Waals surface area contributed by atoms with E-state index in [1.807, 2.05) is 72.8 Å². The van der Waals surface area contributed by atoms with Crippen LogP contribution < -0.4 is 10.6 Å². The second-order valence-corrected chi connectivity index (χ2v) is 9.29. The monoisotopic (exact) mass is 521 g/mol. The lowest BCUT2D eigenvalue weighted by molar-refractivity contribution is -0.115. The van der Waals surface area contributed by atoms with Crippen LogP contribution in [0.5, 0.6) is 0 Å². The molecule has 0 aromatic carbocycles. The van der Waals surface area contributed by atoms with Gasteiger partial charge in [-0.25, -0.2) is 19.7 Å². The number of hydrogen-bond donors (Lipinski definition) is 2. The van der Waals surface area contributed by atoms with Gasteiger partial charge >= 0.3 is 6.09 Å². The van der Waals surface area contributed by atoms with Crippen LogP contribution in [-0.4, -0.2) is 32.4 Å². The van der Waals surface area contributed by atoms with Gasteiger partial charge in [0.2, 0.25) is 0 Å². The highest BCUT2D eigenvalue weighted by atomic mass is 16.6. The van der Waals surface area contributed by atoms with Gasteiger partial charge in [0.25, 0.3) is 0 Å². The van der Waals surface area contributed by atoms with Crippen LogP contribution in [-0.2, 0) is 9.53 Å². The molecule has 0 aliphatic carbocycles. The number of aromatic nitrogens is 3. The van der Waals surface area contributed by atoms with Crippen molar-refractivity contribution in [1.29, 1.82) is 0 Å². The number of anilines is 2. The number of carbonyl (C=O) groups is 2. The van der Waals surface area contributed by atoms with E-state index in [0.29, 0.717) is 23.8 Å². The summed E-state index contributed by atoms with van der Waals surface area (Å²) < 4.78 is 5.31. The molecule has 2 N–H and O–H groups in total. The number of Topliss-reactive ketones (excluding diaryl/α,β-unsaturated/α-hetero) is 1. The molecule has 0 fully saturated rings. The third-order valence-corrected chi connectivity index (χ3v) is 5.32. The van der Waals surface area contributed by atoms with Gasteiger partial charge in [0.05, 0.1) is 5.69 Å². The fourth-order valence-electron chi connectivity index (χ4n) is 3.34. The van der Waals surface area contributed by atoms with Crippen molar-refractivity contribution >= 4 is 23.5 Å². The van der Waals surface area contributed by atoms with Gasteiger partial charge in [-0.05, 0) is 71.7 Å². The van der Waals surface area contributed by atoms with Crippen molar-refractivity contribution in [1.82, 2.24) is 15.0 Å². The third-order valence-electron chi connectivity index (χ3n) is 5.32. The molecule has 2 aromatic heterocycles. The number of nitrogens with zero attached hydrogens (tertiary/aromatic N) is 3. The highest BCUT2D eigenvalue weighted by Crippen LogP contribution is 2.28. The maximum atomic E-state index is 12.5. The summed E-state index contributed by atoms with van der Waals surface area (Å²) in [5.74, 6) is 1.02. The Balaban J connectivity index is 0.00000352. The van der Waals surface area contributed by atoms with E-state index >= 15 is 0 Å². The van der Waals surface area contributed by atoms with E-state index in [9.17, 15) is 9.59 Å². The molecule has 206 valence electrons. The van der Waals surface area contributed by atoms with E-state index in [-0.39, 0.29) is 5.78 Å². The Bertz CT molecular complexity index is 1190. The number of allylic oxidation sites excluding steroid dienone is 5. The first-order chi connectivity index (χ1) is 18.0. The van der Waals surface area contributed by atoms with Crippen molar-refractivity contribution in [2.24, 2.45) is 0 Å². The largest absolute Gasteiger partial charge is 0.444 e. The maximum absolute atomic E-state index is 12.5. The van der Waals surface area contributed by atoms with Gasteiger partial charge in [0, 0.05) is 35.5 Å². The Labute approximate surface area is 227 Å². The van der Waals surface area contributed by atoms with Gasteiger partial charge in [-0.3, -0.25) is 10.1 Å². The molecule has 1 amide bonds. The highest BCUT2D eigenvalue weighted by molar-refractivity contribution is 5.98. The second-order valence-electron chi connectivity index (χ2n) is 9.29. The minimum absolute atomic E-state index is 0.119.